The number of rotatable bonds is 5. The predicted molar refractivity (Wildman–Crippen MR) is 127 cm³/mol. The smallest absolute Gasteiger partial charge is 0.259 e. The lowest BCUT2D eigenvalue weighted by Crippen LogP contribution is -2.23. The van der Waals surface area contributed by atoms with Crippen LogP contribution >= 0.6 is 0 Å². The molecule has 3 N–H and O–H groups in total. The summed E-state index contributed by atoms with van der Waals surface area (Å²) in [5.41, 5.74) is 2.29. The first-order valence-electron chi connectivity index (χ1n) is 10.8. The molecule has 2 aromatic heterocycles. The Morgan fingerprint density at radius 3 is 2.60 bits per heavy atom. The molecule has 1 amide bonds. The Labute approximate surface area is 200 Å². The van der Waals surface area contributed by atoms with Gasteiger partial charge in [0.05, 0.1) is 28.2 Å². The van der Waals surface area contributed by atoms with Gasteiger partial charge in [-0.2, -0.15) is 5.10 Å². The zero-order chi connectivity index (χ0) is 24.7. The van der Waals surface area contributed by atoms with Crippen LogP contribution in [0.25, 0.3) is 5.52 Å². The number of pyridine rings is 1. The standard InChI is InChI=1S/C24H21F2N5O3S/c25-15-3-8-21(26)19(12-15)22-2-1-10-30(22)17-9-11-31-23(13-17)20(14-28-31)24(32)29-16-4-6-18(7-5-16)35(27,33)34/h3-9,11-14,22H,1-2,10H2,(H,29,32)(H2,27,33,34). The molecule has 1 atom stereocenters. The van der Waals surface area contributed by atoms with E-state index in [4.69, 9.17) is 5.14 Å². The number of carbonyl (C=O) groups is 1. The van der Waals surface area contributed by atoms with Crippen LogP contribution in [0.1, 0.15) is 34.8 Å². The van der Waals surface area contributed by atoms with Crippen molar-refractivity contribution in [2.75, 3.05) is 16.8 Å². The van der Waals surface area contributed by atoms with Gasteiger partial charge in [-0.15, -0.1) is 0 Å². The molecule has 1 unspecified atom stereocenters. The van der Waals surface area contributed by atoms with Crippen LogP contribution in [0.5, 0.6) is 0 Å². The zero-order valence-corrected chi connectivity index (χ0v) is 19.2. The second kappa shape index (κ2) is 8.75. The SMILES string of the molecule is NS(=O)(=O)c1ccc(NC(=O)c2cnn3ccc(N4CCCC4c4cc(F)ccc4F)cc23)cc1. The molecular formula is C24H21F2N5O3S. The molecule has 35 heavy (non-hydrogen) atoms. The molecule has 4 aromatic rings. The van der Waals surface area contributed by atoms with E-state index in [1.165, 1.54) is 36.5 Å². The highest BCUT2D eigenvalue weighted by molar-refractivity contribution is 7.89. The number of benzene rings is 2. The molecule has 0 aliphatic carbocycles. The number of nitrogens with one attached hydrogen (secondary N) is 1. The molecule has 1 aliphatic rings. The van der Waals surface area contributed by atoms with Crippen molar-refractivity contribution in [2.24, 2.45) is 5.14 Å². The summed E-state index contributed by atoms with van der Waals surface area (Å²) in [5.74, 6) is -1.38. The molecule has 0 bridgehead atoms. The van der Waals surface area contributed by atoms with E-state index >= 15 is 0 Å². The minimum atomic E-state index is -3.84. The molecule has 11 heteroatoms. The molecule has 5 rings (SSSR count). The third-order valence-corrected chi connectivity index (χ3v) is 7.02. The summed E-state index contributed by atoms with van der Waals surface area (Å²) in [5, 5.41) is 12.1. The summed E-state index contributed by atoms with van der Waals surface area (Å²) in [6.07, 6.45) is 4.63. The van der Waals surface area contributed by atoms with E-state index in [-0.39, 0.29) is 10.9 Å². The lowest BCUT2D eigenvalue weighted by molar-refractivity contribution is 0.102. The second-order valence-corrected chi connectivity index (χ2v) is 9.88. The van der Waals surface area contributed by atoms with Crippen molar-refractivity contribution in [1.82, 2.24) is 9.61 Å². The summed E-state index contributed by atoms with van der Waals surface area (Å²) in [6.45, 7) is 0.656. The van der Waals surface area contributed by atoms with Crippen LogP contribution in [0.2, 0.25) is 0 Å². The van der Waals surface area contributed by atoms with E-state index in [1.54, 1.807) is 16.8 Å². The van der Waals surface area contributed by atoms with Gasteiger partial charge in [0.15, 0.2) is 0 Å². The number of hydrogen-bond acceptors (Lipinski definition) is 5. The number of amides is 1. The van der Waals surface area contributed by atoms with Crippen molar-refractivity contribution in [1.29, 1.82) is 0 Å². The normalized spacial score (nSPS) is 16.1. The Bertz CT molecular complexity index is 1540. The van der Waals surface area contributed by atoms with Gasteiger partial charge in [0, 0.05) is 29.7 Å². The van der Waals surface area contributed by atoms with Gasteiger partial charge in [0.25, 0.3) is 5.91 Å². The first-order chi connectivity index (χ1) is 16.7. The van der Waals surface area contributed by atoms with Crippen LogP contribution in [0, 0.1) is 11.6 Å². The van der Waals surface area contributed by atoms with Crippen molar-refractivity contribution >= 4 is 32.8 Å². The number of fused-ring (bicyclic) bond motifs is 1. The maximum Gasteiger partial charge on any atom is 0.259 e. The van der Waals surface area contributed by atoms with Crippen LogP contribution in [0.15, 0.2) is 71.9 Å². The number of nitrogens with zero attached hydrogens (tertiary/aromatic N) is 3. The van der Waals surface area contributed by atoms with Gasteiger partial charge >= 0.3 is 0 Å². The van der Waals surface area contributed by atoms with E-state index in [1.807, 2.05) is 11.0 Å². The van der Waals surface area contributed by atoms with Crippen LogP contribution in [-0.4, -0.2) is 30.5 Å². The molecule has 180 valence electrons. The molecule has 1 saturated heterocycles. The number of sulfonamides is 1. The molecular weight excluding hydrogens is 476 g/mol. The molecule has 3 heterocycles. The maximum atomic E-state index is 14.5. The summed E-state index contributed by atoms with van der Waals surface area (Å²) in [7, 11) is -3.84. The molecule has 1 fully saturated rings. The number of aromatic nitrogens is 2. The van der Waals surface area contributed by atoms with Crippen molar-refractivity contribution < 1.29 is 22.0 Å². The van der Waals surface area contributed by atoms with Crippen LogP contribution in [0.3, 0.4) is 0 Å². The van der Waals surface area contributed by atoms with Crippen molar-refractivity contribution in [3.8, 4) is 0 Å². The topological polar surface area (TPSA) is 110 Å². The predicted octanol–water partition coefficient (Wildman–Crippen LogP) is 3.85. The van der Waals surface area contributed by atoms with Gasteiger partial charge in [-0.3, -0.25) is 4.79 Å². The third kappa shape index (κ3) is 4.47. The first kappa shape index (κ1) is 22.9. The van der Waals surface area contributed by atoms with Crippen molar-refractivity contribution in [3.63, 3.8) is 0 Å². The Hall–Kier alpha value is -3.83. The number of hydrogen-bond donors (Lipinski definition) is 2. The molecule has 0 radical (unpaired) electrons. The summed E-state index contributed by atoms with van der Waals surface area (Å²) < 4.78 is 52.7. The van der Waals surface area contributed by atoms with Gasteiger partial charge in [0.2, 0.25) is 10.0 Å². The van der Waals surface area contributed by atoms with Gasteiger partial charge < -0.3 is 10.2 Å². The van der Waals surface area contributed by atoms with Crippen molar-refractivity contribution in [2.45, 2.75) is 23.8 Å². The highest BCUT2D eigenvalue weighted by Gasteiger charge is 2.29. The molecule has 2 aromatic carbocycles. The first-order valence-corrected chi connectivity index (χ1v) is 12.4. The number of primary sulfonamides is 1. The fourth-order valence-corrected chi connectivity index (χ4v) is 4.93. The van der Waals surface area contributed by atoms with Crippen LogP contribution in [-0.2, 0) is 10.0 Å². The van der Waals surface area contributed by atoms with Gasteiger partial charge in [-0.25, -0.2) is 26.9 Å². The van der Waals surface area contributed by atoms with Crippen LogP contribution < -0.4 is 15.4 Å². The number of nitrogens with two attached hydrogens (primary N) is 1. The minimum Gasteiger partial charge on any atom is -0.364 e. The largest absolute Gasteiger partial charge is 0.364 e. The van der Waals surface area contributed by atoms with E-state index in [2.05, 4.69) is 10.4 Å². The number of anilines is 2. The Morgan fingerprint density at radius 1 is 1.09 bits per heavy atom. The minimum absolute atomic E-state index is 0.0639. The average molecular weight is 498 g/mol. The van der Waals surface area contributed by atoms with Gasteiger partial charge in [0.1, 0.15) is 11.6 Å². The number of carbonyl (C=O) groups excluding carboxylic acids is 1. The molecule has 8 nitrogen and oxygen atoms in total. The van der Waals surface area contributed by atoms with Crippen molar-refractivity contribution in [3.05, 3.63) is 89.8 Å². The lowest BCUT2D eigenvalue weighted by Gasteiger charge is -2.27. The number of halogens is 2. The van der Waals surface area contributed by atoms with E-state index in [0.29, 0.717) is 35.3 Å². The quantitative estimate of drug-likeness (QED) is 0.435. The Kier molecular flexibility index (Phi) is 5.73. The highest BCUT2D eigenvalue weighted by Crippen LogP contribution is 2.38. The van der Waals surface area contributed by atoms with Gasteiger partial charge in [-0.05, 0) is 67.4 Å². The zero-order valence-electron chi connectivity index (χ0n) is 18.4. The summed E-state index contributed by atoms with van der Waals surface area (Å²) >= 11 is 0. The fourth-order valence-electron chi connectivity index (χ4n) is 4.42. The highest BCUT2D eigenvalue weighted by atomic mass is 32.2. The lowest BCUT2D eigenvalue weighted by atomic mass is 10.0. The van der Waals surface area contributed by atoms with E-state index in [9.17, 15) is 22.0 Å². The molecule has 0 saturated carbocycles. The third-order valence-electron chi connectivity index (χ3n) is 6.09. The summed E-state index contributed by atoms with van der Waals surface area (Å²) in [4.78, 5) is 14.9. The monoisotopic (exact) mass is 497 g/mol. The average Bonchev–Trinajstić information content (AvgIpc) is 3.47. The maximum absolute atomic E-state index is 14.5. The molecule has 0 spiro atoms. The fraction of sp³-hybridized carbons (Fsp3) is 0.167. The summed E-state index contributed by atoms with van der Waals surface area (Å²) in [6, 6.07) is 12.2. The second-order valence-electron chi connectivity index (χ2n) is 8.31. The van der Waals surface area contributed by atoms with E-state index in [0.717, 1.165) is 24.2 Å². The van der Waals surface area contributed by atoms with Crippen LogP contribution in [0.4, 0.5) is 20.2 Å². The Balaban J connectivity index is 1.43. The Morgan fingerprint density at radius 2 is 1.86 bits per heavy atom. The molecule has 1 aliphatic heterocycles. The van der Waals surface area contributed by atoms with Gasteiger partial charge in [-0.1, -0.05) is 0 Å². The van der Waals surface area contributed by atoms with E-state index < -0.39 is 27.6 Å².